The van der Waals surface area contributed by atoms with Gasteiger partial charge in [0.2, 0.25) is 23.6 Å². The first-order chi connectivity index (χ1) is 15.4. The highest BCUT2D eigenvalue weighted by Gasteiger charge is 2.63. The van der Waals surface area contributed by atoms with E-state index >= 15 is 0 Å². The monoisotopic (exact) mass is 465 g/mol. The van der Waals surface area contributed by atoms with Gasteiger partial charge in [0.1, 0.15) is 18.3 Å². The highest BCUT2D eigenvalue weighted by molar-refractivity contribution is 5.94. The Kier molecular flexibility index (Phi) is 6.18. The average Bonchev–Trinajstić information content (AvgIpc) is 3.47. The number of carbonyl (C=O) groups is 4. The maximum absolute atomic E-state index is 14.7. The van der Waals surface area contributed by atoms with Crippen molar-refractivity contribution >= 4 is 23.6 Å². The van der Waals surface area contributed by atoms with Crippen molar-refractivity contribution in [2.24, 2.45) is 46.5 Å². The molecule has 0 unspecified atom stereocenters. The standard InChI is InChI=1S/C23H36FN5O4/c1-23(2,3)18(25)22(33)29-9-13-11-6-12(14(24)7-11)16(13)17(29)21(32)28-15(19(26)30)8-10-4-5-27-20(10)31/h10-18H,4-9,25H2,1-3H3,(H2,26,30)(H,27,31)(H,28,32)/t10-,11-,12+,13+,14+,15-,16-,17-,18+/m0/s1. The van der Waals surface area contributed by atoms with Crippen LogP contribution < -0.4 is 22.1 Å². The highest BCUT2D eigenvalue weighted by Crippen LogP contribution is 2.58. The number of primary amides is 1. The molecule has 0 spiro atoms. The lowest BCUT2D eigenvalue weighted by Gasteiger charge is -2.35. The van der Waals surface area contributed by atoms with Crippen molar-refractivity contribution in [2.45, 2.75) is 70.8 Å². The van der Waals surface area contributed by atoms with E-state index in [2.05, 4.69) is 10.6 Å². The van der Waals surface area contributed by atoms with E-state index in [1.165, 1.54) is 4.90 Å². The predicted molar refractivity (Wildman–Crippen MR) is 118 cm³/mol. The molecule has 2 aliphatic heterocycles. The van der Waals surface area contributed by atoms with Crippen LogP contribution in [0.25, 0.3) is 0 Å². The number of carbonyl (C=O) groups excluding carboxylic acids is 4. The van der Waals surface area contributed by atoms with Crippen molar-refractivity contribution < 1.29 is 23.6 Å². The van der Waals surface area contributed by atoms with E-state index in [4.69, 9.17) is 11.5 Å². The van der Waals surface area contributed by atoms with E-state index in [1.54, 1.807) is 0 Å². The maximum atomic E-state index is 14.7. The molecule has 4 fully saturated rings. The topological polar surface area (TPSA) is 148 Å². The minimum absolute atomic E-state index is 0.0431. The van der Waals surface area contributed by atoms with E-state index in [0.717, 1.165) is 6.42 Å². The highest BCUT2D eigenvalue weighted by atomic mass is 19.1. The Morgan fingerprint density at radius 2 is 1.94 bits per heavy atom. The van der Waals surface area contributed by atoms with Crippen LogP contribution in [0, 0.1) is 35.0 Å². The number of alkyl halides is 1. The van der Waals surface area contributed by atoms with E-state index in [0.29, 0.717) is 25.9 Å². The summed E-state index contributed by atoms with van der Waals surface area (Å²) in [5, 5.41) is 5.42. The van der Waals surface area contributed by atoms with Crippen LogP contribution in [0.15, 0.2) is 0 Å². The van der Waals surface area contributed by atoms with E-state index in [9.17, 15) is 23.6 Å². The van der Waals surface area contributed by atoms with Gasteiger partial charge in [0, 0.05) is 19.0 Å². The molecule has 9 atom stereocenters. The van der Waals surface area contributed by atoms with Gasteiger partial charge in [0.15, 0.2) is 0 Å². The Labute approximate surface area is 193 Å². The zero-order chi connectivity index (χ0) is 24.2. The quantitative estimate of drug-likeness (QED) is 0.424. The second-order valence-electron chi connectivity index (χ2n) is 11.4. The number of amides is 4. The zero-order valence-electron chi connectivity index (χ0n) is 19.6. The number of hydrogen-bond donors (Lipinski definition) is 4. The van der Waals surface area contributed by atoms with Crippen LogP contribution in [0.1, 0.15) is 46.5 Å². The van der Waals surface area contributed by atoms with Gasteiger partial charge < -0.3 is 27.0 Å². The van der Waals surface area contributed by atoms with Gasteiger partial charge in [-0.05, 0) is 54.8 Å². The lowest BCUT2D eigenvalue weighted by Crippen LogP contribution is -2.59. The van der Waals surface area contributed by atoms with Gasteiger partial charge in [-0.25, -0.2) is 4.39 Å². The first-order valence-electron chi connectivity index (χ1n) is 12.0. The molecular weight excluding hydrogens is 429 g/mol. The number of nitrogens with two attached hydrogens (primary N) is 2. The minimum atomic E-state index is -1.04. The lowest BCUT2D eigenvalue weighted by molar-refractivity contribution is -0.143. The molecule has 9 nitrogen and oxygen atoms in total. The van der Waals surface area contributed by atoms with Gasteiger partial charge in [-0.1, -0.05) is 20.8 Å². The maximum Gasteiger partial charge on any atom is 0.243 e. The number of halogens is 1. The SMILES string of the molecule is CC(C)(C)[C@H](N)C(=O)N1C[C@@H]2[C@H]3C[C@@H]([C@@H]2[C@H]1C(=O)N[C@@H](C[C@@H]1CCNC1=O)C(N)=O)[C@H](F)C3. The van der Waals surface area contributed by atoms with E-state index in [1.807, 2.05) is 20.8 Å². The third kappa shape index (κ3) is 4.22. The van der Waals surface area contributed by atoms with Crippen LogP contribution in [-0.4, -0.2) is 65.9 Å². The molecule has 10 heteroatoms. The molecule has 0 aromatic heterocycles. The molecule has 4 aliphatic rings. The van der Waals surface area contributed by atoms with Crippen LogP contribution >= 0.6 is 0 Å². The molecule has 184 valence electrons. The van der Waals surface area contributed by atoms with Crippen molar-refractivity contribution in [1.29, 1.82) is 0 Å². The summed E-state index contributed by atoms with van der Waals surface area (Å²) in [4.78, 5) is 52.5. The summed E-state index contributed by atoms with van der Waals surface area (Å²) >= 11 is 0. The largest absolute Gasteiger partial charge is 0.368 e. The van der Waals surface area contributed by atoms with Crippen LogP contribution in [0.3, 0.4) is 0 Å². The Bertz CT molecular complexity index is 845. The fourth-order valence-corrected chi connectivity index (χ4v) is 6.47. The van der Waals surface area contributed by atoms with E-state index in [-0.39, 0.29) is 41.9 Å². The summed E-state index contributed by atoms with van der Waals surface area (Å²) in [5.74, 6) is -2.58. The fourth-order valence-electron chi connectivity index (χ4n) is 6.47. The summed E-state index contributed by atoms with van der Waals surface area (Å²) in [6, 6.07) is -2.76. The van der Waals surface area contributed by atoms with Gasteiger partial charge in [-0.2, -0.15) is 0 Å². The van der Waals surface area contributed by atoms with Crippen molar-refractivity contribution in [3.8, 4) is 0 Å². The molecule has 4 amide bonds. The summed E-state index contributed by atoms with van der Waals surface area (Å²) in [5.41, 5.74) is 11.3. The molecule has 0 radical (unpaired) electrons. The Balaban J connectivity index is 1.57. The van der Waals surface area contributed by atoms with Crippen molar-refractivity contribution in [3.63, 3.8) is 0 Å². The second kappa shape index (κ2) is 8.52. The average molecular weight is 466 g/mol. The van der Waals surface area contributed by atoms with Crippen molar-refractivity contribution in [2.75, 3.05) is 13.1 Å². The number of rotatable bonds is 6. The number of nitrogens with one attached hydrogen (secondary N) is 2. The van der Waals surface area contributed by atoms with Gasteiger partial charge >= 0.3 is 0 Å². The van der Waals surface area contributed by atoms with Crippen molar-refractivity contribution in [1.82, 2.24) is 15.5 Å². The second-order valence-corrected chi connectivity index (χ2v) is 11.4. The Morgan fingerprint density at radius 1 is 1.24 bits per heavy atom. The zero-order valence-corrected chi connectivity index (χ0v) is 19.6. The molecule has 6 N–H and O–H groups in total. The van der Waals surface area contributed by atoms with Gasteiger partial charge in [-0.15, -0.1) is 0 Å². The summed E-state index contributed by atoms with van der Waals surface area (Å²) in [7, 11) is 0. The Hall–Kier alpha value is -2.23. The molecular formula is C23H36FN5O4. The molecule has 2 bridgehead atoms. The van der Waals surface area contributed by atoms with Gasteiger partial charge in [-0.3, -0.25) is 19.2 Å². The molecule has 2 aliphatic carbocycles. The first kappa shape index (κ1) is 23.9. The molecule has 0 aromatic carbocycles. The van der Waals surface area contributed by atoms with E-state index < -0.39 is 47.4 Å². The van der Waals surface area contributed by atoms with Crippen LogP contribution in [-0.2, 0) is 19.2 Å². The molecule has 2 saturated heterocycles. The lowest BCUT2D eigenvalue weighted by atomic mass is 9.77. The first-order valence-corrected chi connectivity index (χ1v) is 12.0. The molecule has 4 rings (SSSR count). The number of nitrogens with zero attached hydrogens (tertiary/aromatic N) is 1. The van der Waals surface area contributed by atoms with Crippen molar-refractivity contribution in [3.05, 3.63) is 0 Å². The molecule has 2 saturated carbocycles. The normalized spacial score (nSPS) is 36.9. The molecule has 2 heterocycles. The Morgan fingerprint density at radius 3 is 2.52 bits per heavy atom. The number of hydrogen-bond acceptors (Lipinski definition) is 5. The van der Waals surface area contributed by atoms with Crippen LogP contribution in [0.4, 0.5) is 4.39 Å². The third-order valence-electron chi connectivity index (χ3n) is 8.36. The molecule has 0 aromatic rings. The fraction of sp³-hybridized carbons (Fsp3) is 0.826. The van der Waals surface area contributed by atoms with Crippen LogP contribution in [0.2, 0.25) is 0 Å². The van der Waals surface area contributed by atoms with Gasteiger partial charge in [0.05, 0.1) is 6.04 Å². The smallest absolute Gasteiger partial charge is 0.243 e. The van der Waals surface area contributed by atoms with Crippen LogP contribution in [0.5, 0.6) is 0 Å². The third-order valence-corrected chi connectivity index (χ3v) is 8.36. The summed E-state index contributed by atoms with van der Waals surface area (Å²) < 4.78 is 14.7. The molecule has 33 heavy (non-hydrogen) atoms. The summed E-state index contributed by atoms with van der Waals surface area (Å²) in [6.07, 6.45) is 0.849. The predicted octanol–water partition coefficient (Wildman–Crippen LogP) is -0.323. The van der Waals surface area contributed by atoms with Gasteiger partial charge in [0.25, 0.3) is 0 Å². The minimum Gasteiger partial charge on any atom is -0.368 e. The number of likely N-dealkylation sites (tertiary alicyclic amines) is 1. The number of fused-ring (bicyclic) bond motifs is 5. The summed E-state index contributed by atoms with van der Waals surface area (Å²) in [6.45, 7) is 6.46.